The van der Waals surface area contributed by atoms with Crippen LogP contribution in [0.4, 0.5) is 17.1 Å². The van der Waals surface area contributed by atoms with Crippen molar-refractivity contribution in [3.8, 4) is 27.9 Å². The molecule has 0 saturated carbocycles. The van der Waals surface area contributed by atoms with Crippen molar-refractivity contribution in [1.29, 1.82) is 0 Å². The molecule has 3 heteroatoms. The molecule has 0 aliphatic rings. The fraction of sp³-hybridized carbons (Fsp3) is 0.0833. The van der Waals surface area contributed by atoms with Gasteiger partial charge in [0.1, 0.15) is 11.1 Å². The van der Waals surface area contributed by atoms with E-state index in [9.17, 15) is 0 Å². The van der Waals surface area contributed by atoms with E-state index in [1.54, 1.807) is 0 Å². The van der Waals surface area contributed by atoms with Crippen molar-refractivity contribution >= 4 is 50.0 Å². The molecule has 0 saturated heterocycles. The number of benzene rings is 7. The quantitative estimate of drug-likeness (QED) is 0.177. The van der Waals surface area contributed by atoms with Gasteiger partial charge in [-0.25, -0.2) is 0 Å². The predicted octanol–water partition coefficient (Wildman–Crippen LogP) is 13.6. The Balaban J connectivity index is 1.13. The molecule has 0 unspecified atom stereocenters. The Morgan fingerprint density at radius 2 is 0.980 bits per heavy atom. The number of rotatable bonds is 6. The molecule has 0 N–H and O–H groups in total. The lowest BCUT2D eigenvalue weighted by molar-refractivity contribution is 0.590. The third kappa shape index (κ3) is 5.48. The Labute approximate surface area is 298 Å². The van der Waals surface area contributed by atoms with E-state index in [1.165, 1.54) is 16.7 Å². The maximum absolute atomic E-state index is 6.55. The Bertz CT molecular complexity index is 2620. The summed E-state index contributed by atoms with van der Waals surface area (Å²) in [4.78, 5) is 2.34. The fourth-order valence-corrected chi connectivity index (χ4v) is 7.29. The summed E-state index contributed by atoms with van der Waals surface area (Å²) in [5.41, 5.74) is 14.6. The van der Waals surface area contributed by atoms with Gasteiger partial charge in [-0.3, -0.25) is 0 Å². The normalized spacial score (nSPS) is 11.8. The molecular formula is C48H38N2O. The second-order valence-corrected chi connectivity index (χ2v) is 14.3. The first kappa shape index (κ1) is 30.7. The van der Waals surface area contributed by atoms with Crippen molar-refractivity contribution in [2.24, 2.45) is 0 Å². The number of para-hydroxylation sites is 2. The monoisotopic (exact) mass is 658 g/mol. The Hall–Kier alpha value is -6.32. The van der Waals surface area contributed by atoms with Crippen molar-refractivity contribution in [3.63, 3.8) is 0 Å². The van der Waals surface area contributed by atoms with E-state index >= 15 is 0 Å². The van der Waals surface area contributed by atoms with Crippen LogP contribution in [0.5, 0.6) is 0 Å². The lowest BCUT2D eigenvalue weighted by atomic mass is 9.87. The van der Waals surface area contributed by atoms with Gasteiger partial charge in [0.05, 0.1) is 5.52 Å². The van der Waals surface area contributed by atoms with Crippen LogP contribution in [0.25, 0.3) is 60.9 Å². The van der Waals surface area contributed by atoms with Gasteiger partial charge in [-0.05, 0) is 106 Å². The van der Waals surface area contributed by atoms with Crippen molar-refractivity contribution in [1.82, 2.24) is 4.57 Å². The Morgan fingerprint density at radius 3 is 1.61 bits per heavy atom. The number of anilines is 3. The molecule has 0 atom stereocenters. The number of hydrogen-bond donors (Lipinski definition) is 0. The summed E-state index contributed by atoms with van der Waals surface area (Å²) in [5.74, 6) is 0. The van der Waals surface area contributed by atoms with Gasteiger partial charge in [0.2, 0.25) is 0 Å². The maximum Gasteiger partial charge on any atom is 0.161 e. The molecule has 2 heterocycles. The highest BCUT2D eigenvalue weighted by Crippen LogP contribution is 2.41. The molecule has 7 aromatic carbocycles. The molecule has 3 nitrogen and oxygen atoms in total. The van der Waals surface area contributed by atoms with Gasteiger partial charge in [-0.1, -0.05) is 124 Å². The highest BCUT2D eigenvalue weighted by atomic mass is 16.3. The fourth-order valence-electron chi connectivity index (χ4n) is 7.29. The lowest BCUT2D eigenvalue weighted by Gasteiger charge is -2.27. The summed E-state index contributed by atoms with van der Waals surface area (Å²) in [6, 6.07) is 62.9. The van der Waals surface area contributed by atoms with Crippen LogP contribution in [-0.4, -0.2) is 4.57 Å². The second-order valence-electron chi connectivity index (χ2n) is 14.3. The molecule has 0 radical (unpaired) electrons. The highest BCUT2D eigenvalue weighted by molar-refractivity contribution is 6.17. The summed E-state index contributed by atoms with van der Waals surface area (Å²) in [6.07, 6.45) is 0. The van der Waals surface area contributed by atoms with E-state index in [4.69, 9.17) is 4.42 Å². The van der Waals surface area contributed by atoms with E-state index in [-0.39, 0.29) is 5.41 Å². The summed E-state index contributed by atoms with van der Waals surface area (Å²) in [5, 5.41) is 2.22. The van der Waals surface area contributed by atoms with Gasteiger partial charge in [0, 0.05) is 33.5 Å². The average molecular weight is 659 g/mol. The molecular weight excluding hydrogens is 621 g/mol. The third-order valence-corrected chi connectivity index (χ3v) is 9.97. The van der Waals surface area contributed by atoms with E-state index in [0.717, 1.165) is 66.8 Å². The van der Waals surface area contributed by atoms with Crippen LogP contribution in [-0.2, 0) is 5.41 Å². The van der Waals surface area contributed by atoms with Gasteiger partial charge < -0.3 is 13.9 Å². The SMILES string of the molecule is CC(C)(C)c1ccc(N(c2ccc(-c3ccccc3)cc2)c2ccc(-c3ccc4c(c3)c3oc5ccccc5c3n4-c3ccccc3)cc2)cc1. The van der Waals surface area contributed by atoms with Crippen LogP contribution in [0.3, 0.4) is 0 Å². The first-order valence-corrected chi connectivity index (χ1v) is 17.6. The van der Waals surface area contributed by atoms with Gasteiger partial charge in [0.15, 0.2) is 5.58 Å². The lowest BCUT2D eigenvalue weighted by Crippen LogP contribution is -2.13. The summed E-state index contributed by atoms with van der Waals surface area (Å²) in [7, 11) is 0. The average Bonchev–Trinajstić information content (AvgIpc) is 3.70. The highest BCUT2D eigenvalue weighted by Gasteiger charge is 2.21. The summed E-state index contributed by atoms with van der Waals surface area (Å²) >= 11 is 0. The molecule has 246 valence electrons. The van der Waals surface area contributed by atoms with Crippen LogP contribution < -0.4 is 4.90 Å². The number of fused-ring (bicyclic) bond motifs is 5. The van der Waals surface area contributed by atoms with Gasteiger partial charge in [-0.2, -0.15) is 0 Å². The molecule has 2 aromatic heterocycles. The topological polar surface area (TPSA) is 21.3 Å². The molecule has 0 amide bonds. The molecule has 9 aromatic rings. The summed E-state index contributed by atoms with van der Waals surface area (Å²) in [6.45, 7) is 6.77. The van der Waals surface area contributed by atoms with Crippen LogP contribution in [0.15, 0.2) is 180 Å². The molecule has 0 fully saturated rings. The Kier molecular flexibility index (Phi) is 7.36. The molecule has 9 rings (SSSR count). The number of aromatic nitrogens is 1. The summed E-state index contributed by atoms with van der Waals surface area (Å²) < 4.78 is 8.87. The van der Waals surface area contributed by atoms with Crippen LogP contribution >= 0.6 is 0 Å². The first-order valence-electron chi connectivity index (χ1n) is 17.6. The first-order chi connectivity index (χ1) is 24.9. The predicted molar refractivity (Wildman–Crippen MR) is 215 cm³/mol. The van der Waals surface area contributed by atoms with Crippen molar-refractivity contribution in [2.45, 2.75) is 26.2 Å². The molecule has 0 bridgehead atoms. The van der Waals surface area contributed by atoms with E-state index in [2.05, 4.69) is 200 Å². The minimum absolute atomic E-state index is 0.0828. The second kappa shape index (κ2) is 12.2. The molecule has 0 aliphatic carbocycles. The van der Waals surface area contributed by atoms with Gasteiger partial charge in [0.25, 0.3) is 0 Å². The van der Waals surface area contributed by atoms with Crippen LogP contribution in [0.2, 0.25) is 0 Å². The van der Waals surface area contributed by atoms with E-state index in [0.29, 0.717) is 0 Å². The third-order valence-electron chi connectivity index (χ3n) is 9.97. The number of furan rings is 1. The van der Waals surface area contributed by atoms with Gasteiger partial charge in [-0.15, -0.1) is 0 Å². The smallest absolute Gasteiger partial charge is 0.161 e. The molecule has 51 heavy (non-hydrogen) atoms. The van der Waals surface area contributed by atoms with E-state index in [1.807, 2.05) is 6.07 Å². The standard InChI is InChI=1S/C48H38N2O/c1-48(2,3)37-23-29-41(30-24-37)49(39-25-18-34(19-26-39)33-12-6-4-7-13-33)40-27-20-35(21-28-40)36-22-31-44-43(32-36)47-46(42-16-10-11-17-45(42)51-47)50(44)38-14-8-5-9-15-38/h4-32H,1-3H3. The zero-order valence-corrected chi connectivity index (χ0v) is 29.0. The molecule has 0 aliphatic heterocycles. The Morgan fingerprint density at radius 1 is 0.471 bits per heavy atom. The maximum atomic E-state index is 6.55. The van der Waals surface area contributed by atoms with Gasteiger partial charge >= 0.3 is 0 Å². The largest absolute Gasteiger partial charge is 0.454 e. The molecule has 0 spiro atoms. The van der Waals surface area contributed by atoms with Crippen LogP contribution in [0, 0.1) is 0 Å². The van der Waals surface area contributed by atoms with Crippen molar-refractivity contribution in [3.05, 3.63) is 181 Å². The zero-order chi connectivity index (χ0) is 34.5. The zero-order valence-electron chi connectivity index (χ0n) is 29.0. The number of hydrogen-bond acceptors (Lipinski definition) is 2. The number of nitrogens with zero attached hydrogens (tertiary/aromatic N) is 2. The van der Waals surface area contributed by atoms with Crippen molar-refractivity contribution in [2.75, 3.05) is 4.90 Å². The minimum atomic E-state index is 0.0828. The minimum Gasteiger partial charge on any atom is -0.454 e. The van der Waals surface area contributed by atoms with Crippen LogP contribution in [0.1, 0.15) is 26.3 Å². The van der Waals surface area contributed by atoms with E-state index < -0.39 is 0 Å². The van der Waals surface area contributed by atoms with Crippen molar-refractivity contribution < 1.29 is 4.42 Å².